The number of alkyl halides is 3. The smallest absolute Gasteiger partial charge is 0.329 e. The van der Waals surface area contributed by atoms with E-state index in [2.05, 4.69) is 9.97 Å². The van der Waals surface area contributed by atoms with E-state index in [1.54, 1.807) is 30.6 Å². The molecule has 0 amide bonds. The fourth-order valence-electron chi connectivity index (χ4n) is 3.06. The Morgan fingerprint density at radius 2 is 2.00 bits per heavy atom. The topological polar surface area (TPSA) is 30.7 Å². The Bertz CT molecular complexity index is 1100. The van der Waals surface area contributed by atoms with Crippen molar-refractivity contribution in [3.63, 3.8) is 0 Å². The number of aryl methyl sites for hydroxylation is 1. The van der Waals surface area contributed by atoms with Crippen LogP contribution in [0.5, 0.6) is 0 Å². The van der Waals surface area contributed by atoms with Gasteiger partial charge in [0.1, 0.15) is 6.54 Å². The standard InChI is InChI=1S/C17H11ClF3N3S/c1-9-23-7-15(25-9)13-5-10(18)4-12-11-2-3-22-6-14(11)24(16(12)13)8-17(19,20)21/h2-7H,8H2,1H3. The first-order valence-electron chi connectivity index (χ1n) is 7.38. The van der Waals surface area contributed by atoms with Crippen LogP contribution in [-0.4, -0.2) is 20.7 Å². The molecular weight excluding hydrogens is 371 g/mol. The van der Waals surface area contributed by atoms with E-state index >= 15 is 0 Å². The number of thiazole rings is 1. The zero-order chi connectivity index (χ0) is 17.8. The molecule has 0 spiro atoms. The van der Waals surface area contributed by atoms with Crippen LogP contribution in [0, 0.1) is 6.92 Å². The number of nitrogens with zero attached hydrogens (tertiary/aromatic N) is 3. The number of hydrogen-bond acceptors (Lipinski definition) is 3. The lowest BCUT2D eigenvalue weighted by Gasteiger charge is -2.12. The van der Waals surface area contributed by atoms with E-state index in [1.807, 2.05) is 6.92 Å². The molecule has 0 unspecified atom stereocenters. The van der Waals surface area contributed by atoms with Gasteiger partial charge in [0.15, 0.2) is 0 Å². The fraction of sp³-hybridized carbons (Fsp3) is 0.176. The van der Waals surface area contributed by atoms with Crippen molar-refractivity contribution in [3.05, 3.63) is 46.8 Å². The molecule has 3 aromatic heterocycles. The summed E-state index contributed by atoms with van der Waals surface area (Å²) in [5.41, 5.74) is 1.57. The summed E-state index contributed by atoms with van der Waals surface area (Å²) in [4.78, 5) is 9.00. The van der Waals surface area contributed by atoms with Crippen molar-refractivity contribution in [2.45, 2.75) is 19.6 Å². The van der Waals surface area contributed by atoms with Crippen LogP contribution in [0.1, 0.15) is 5.01 Å². The van der Waals surface area contributed by atoms with Crippen LogP contribution in [0.4, 0.5) is 13.2 Å². The summed E-state index contributed by atoms with van der Waals surface area (Å²) in [6.45, 7) is 0.760. The highest BCUT2D eigenvalue weighted by Gasteiger charge is 2.30. The largest absolute Gasteiger partial charge is 0.406 e. The van der Waals surface area contributed by atoms with E-state index in [-0.39, 0.29) is 0 Å². The van der Waals surface area contributed by atoms with Gasteiger partial charge in [-0.15, -0.1) is 11.3 Å². The predicted octanol–water partition coefficient (Wildman–Crippen LogP) is 5.84. The molecule has 0 saturated carbocycles. The van der Waals surface area contributed by atoms with Gasteiger partial charge in [-0.2, -0.15) is 13.2 Å². The average Bonchev–Trinajstić information content (AvgIpc) is 3.09. The summed E-state index contributed by atoms with van der Waals surface area (Å²) >= 11 is 7.68. The van der Waals surface area contributed by atoms with Gasteiger partial charge in [0.25, 0.3) is 0 Å². The zero-order valence-corrected chi connectivity index (χ0v) is 14.5. The molecule has 0 aliphatic carbocycles. The molecule has 1 aromatic carbocycles. The Balaban J connectivity index is 2.15. The predicted molar refractivity (Wildman–Crippen MR) is 94.1 cm³/mol. The van der Waals surface area contributed by atoms with Crippen molar-refractivity contribution < 1.29 is 13.2 Å². The summed E-state index contributed by atoms with van der Waals surface area (Å²) in [5, 5.41) is 2.68. The van der Waals surface area contributed by atoms with Gasteiger partial charge in [-0.05, 0) is 25.1 Å². The lowest BCUT2D eigenvalue weighted by atomic mass is 10.1. The first-order valence-corrected chi connectivity index (χ1v) is 8.58. The Hall–Kier alpha value is -2.12. The molecule has 8 heteroatoms. The Kier molecular flexibility index (Phi) is 3.73. The second-order valence-corrected chi connectivity index (χ2v) is 7.36. The monoisotopic (exact) mass is 381 g/mol. The molecule has 0 aliphatic heterocycles. The molecule has 0 fully saturated rings. The van der Waals surface area contributed by atoms with Gasteiger partial charge in [0.2, 0.25) is 0 Å². The highest BCUT2D eigenvalue weighted by atomic mass is 35.5. The van der Waals surface area contributed by atoms with Gasteiger partial charge in [0, 0.05) is 33.8 Å². The molecule has 0 atom stereocenters. The lowest BCUT2D eigenvalue weighted by Crippen LogP contribution is -2.17. The number of fused-ring (bicyclic) bond motifs is 3. The molecule has 0 N–H and O–H groups in total. The fourth-order valence-corrected chi connectivity index (χ4v) is 4.07. The van der Waals surface area contributed by atoms with E-state index < -0.39 is 12.7 Å². The minimum Gasteiger partial charge on any atom is -0.329 e. The van der Waals surface area contributed by atoms with Crippen molar-refractivity contribution in [3.8, 4) is 10.4 Å². The maximum Gasteiger partial charge on any atom is 0.406 e. The van der Waals surface area contributed by atoms with Crippen molar-refractivity contribution in [1.29, 1.82) is 0 Å². The average molecular weight is 382 g/mol. The molecule has 25 heavy (non-hydrogen) atoms. The molecule has 0 aliphatic rings. The summed E-state index contributed by atoms with van der Waals surface area (Å²) in [6, 6.07) is 5.10. The van der Waals surface area contributed by atoms with Crippen molar-refractivity contribution in [2.75, 3.05) is 0 Å². The summed E-state index contributed by atoms with van der Waals surface area (Å²) in [5.74, 6) is 0. The van der Waals surface area contributed by atoms with Crippen molar-refractivity contribution in [2.24, 2.45) is 0 Å². The highest BCUT2D eigenvalue weighted by molar-refractivity contribution is 7.15. The van der Waals surface area contributed by atoms with Crippen molar-refractivity contribution in [1.82, 2.24) is 14.5 Å². The van der Waals surface area contributed by atoms with Crippen LogP contribution in [-0.2, 0) is 6.54 Å². The highest BCUT2D eigenvalue weighted by Crippen LogP contribution is 2.40. The maximum absolute atomic E-state index is 13.2. The molecule has 4 aromatic rings. The maximum atomic E-state index is 13.2. The van der Waals surface area contributed by atoms with Gasteiger partial charge >= 0.3 is 6.18 Å². The summed E-state index contributed by atoms with van der Waals surface area (Å²) in [6.07, 6.45) is 0.335. The molecule has 0 saturated heterocycles. The molecule has 0 bridgehead atoms. The second kappa shape index (κ2) is 5.71. The van der Waals surface area contributed by atoms with Gasteiger partial charge in [-0.25, -0.2) is 4.98 Å². The lowest BCUT2D eigenvalue weighted by molar-refractivity contribution is -0.139. The van der Waals surface area contributed by atoms with Crippen LogP contribution < -0.4 is 0 Å². The third-order valence-electron chi connectivity index (χ3n) is 3.95. The van der Waals surface area contributed by atoms with Crippen LogP contribution in [0.25, 0.3) is 32.2 Å². The minimum atomic E-state index is -4.35. The normalized spacial score (nSPS) is 12.4. The molecule has 3 heterocycles. The van der Waals surface area contributed by atoms with E-state index in [0.717, 1.165) is 9.88 Å². The molecule has 0 radical (unpaired) electrons. The van der Waals surface area contributed by atoms with Gasteiger partial charge in [0.05, 0.1) is 27.1 Å². The SMILES string of the molecule is Cc1ncc(-c2cc(Cl)cc3c4ccncc4n(CC(F)(F)F)c23)s1. The molecule has 4 rings (SSSR count). The number of hydrogen-bond donors (Lipinski definition) is 0. The van der Waals surface area contributed by atoms with Crippen LogP contribution >= 0.6 is 22.9 Å². The van der Waals surface area contributed by atoms with Gasteiger partial charge in [-0.3, -0.25) is 4.98 Å². The molecule has 3 nitrogen and oxygen atoms in total. The third-order valence-corrected chi connectivity index (χ3v) is 5.11. The third kappa shape index (κ3) is 2.87. The first-order chi connectivity index (χ1) is 11.8. The van der Waals surface area contributed by atoms with Gasteiger partial charge < -0.3 is 4.57 Å². The molecular formula is C17H11ClF3N3S. The number of pyridine rings is 1. The minimum absolute atomic E-state index is 0.430. The van der Waals surface area contributed by atoms with Crippen LogP contribution in [0.3, 0.4) is 0 Å². The number of halogens is 4. The van der Waals surface area contributed by atoms with E-state index in [9.17, 15) is 13.2 Å². The summed E-state index contributed by atoms with van der Waals surface area (Å²) < 4.78 is 40.9. The van der Waals surface area contributed by atoms with E-state index in [4.69, 9.17) is 11.6 Å². The number of benzene rings is 1. The number of aromatic nitrogens is 3. The Morgan fingerprint density at radius 1 is 1.20 bits per heavy atom. The van der Waals surface area contributed by atoms with Crippen LogP contribution in [0.15, 0.2) is 36.8 Å². The van der Waals surface area contributed by atoms with Gasteiger partial charge in [-0.1, -0.05) is 11.6 Å². The first kappa shape index (κ1) is 16.4. The van der Waals surface area contributed by atoms with Crippen molar-refractivity contribution >= 4 is 44.7 Å². The Labute approximate surface area is 149 Å². The molecule has 128 valence electrons. The Morgan fingerprint density at radius 3 is 2.68 bits per heavy atom. The number of rotatable bonds is 2. The van der Waals surface area contributed by atoms with Crippen LogP contribution in [0.2, 0.25) is 5.02 Å². The van der Waals surface area contributed by atoms with E-state index in [0.29, 0.717) is 32.4 Å². The summed E-state index contributed by atoms with van der Waals surface area (Å²) in [7, 11) is 0. The zero-order valence-electron chi connectivity index (χ0n) is 12.9. The quantitative estimate of drug-likeness (QED) is 0.437. The van der Waals surface area contributed by atoms with E-state index in [1.165, 1.54) is 22.1 Å². The second-order valence-electron chi connectivity index (χ2n) is 5.69.